The molecule has 8 rings (SSSR count). The van der Waals surface area contributed by atoms with Crippen molar-refractivity contribution in [2.24, 2.45) is 0 Å². The summed E-state index contributed by atoms with van der Waals surface area (Å²) in [5.74, 6) is 0. The van der Waals surface area contributed by atoms with Gasteiger partial charge in [-0.1, -0.05) is 0 Å². The molecule has 212 valence electrons. The summed E-state index contributed by atoms with van der Waals surface area (Å²) >= 11 is -0.542. The number of benzene rings is 2. The molecule has 6 aromatic heterocycles. The molecule has 6 heterocycles. The second-order valence-corrected chi connectivity index (χ2v) is 14.5. The fourth-order valence-corrected chi connectivity index (χ4v) is 9.28. The molecule has 0 amide bonds. The Morgan fingerprint density at radius 1 is 0.600 bits per heavy atom. The van der Waals surface area contributed by atoms with Crippen molar-refractivity contribution in [3.05, 3.63) is 128 Å². The van der Waals surface area contributed by atoms with Crippen LogP contribution in [0.15, 0.2) is 94.8 Å². The summed E-state index contributed by atoms with van der Waals surface area (Å²) in [6, 6.07) is 27.1. The fraction of sp³-hybridized carbons (Fsp3) is 0.0303. The zero-order valence-electron chi connectivity index (χ0n) is 23.0. The van der Waals surface area contributed by atoms with Crippen molar-refractivity contribution >= 4 is 71.1 Å². The summed E-state index contributed by atoms with van der Waals surface area (Å²) in [6.45, 7) is 0. The molecule has 8 aromatic rings. The van der Waals surface area contributed by atoms with Crippen molar-refractivity contribution in [2.75, 3.05) is 0 Å². The standard InChI is InChI=1S/C33H16N8O2Se2/c34-14-20-10-26-24(36-16-20)12-28-30(38-26)32(42)40(44-28)22-5-1-18(2-6-22)9-19-3-7-23(8-4-19)41-33(43)31-29(45-41)13-25-27(39-31)11-21(15-35)17-37-25/h1-8,10-13,16-17H,9H2. The van der Waals surface area contributed by atoms with E-state index < -0.39 is 0 Å². The molecule has 0 spiro atoms. The summed E-state index contributed by atoms with van der Waals surface area (Å²) < 4.78 is 5.26. The normalized spacial score (nSPS) is 11.3. The van der Waals surface area contributed by atoms with Crippen LogP contribution in [0, 0.1) is 22.7 Å². The number of pyridine rings is 4. The topological polar surface area (TPSA) is 143 Å². The minimum absolute atomic E-state index is 0.149. The van der Waals surface area contributed by atoms with Crippen LogP contribution in [0.5, 0.6) is 0 Å². The average molecular weight is 714 g/mol. The van der Waals surface area contributed by atoms with Gasteiger partial charge in [-0.2, -0.15) is 0 Å². The number of hydrogen-bond donors (Lipinski definition) is 0. The van der Waals surface area contributed by atoms with Gasteiger partial charge in [-0.15, -0.1) is 0 Å². The van der Waals surface area contributed by atoms with Gasteiger partial charge in [0.1, 0.15) is 0 Å². The van der Waals surface area contributed by atoms with E-state index in [2.05, 4.69) is 32.1 Å². The molecule has 0 saturated heterocycles. The first-order chi connectivity index (χ1) is 22.0. The molecule has 0 saturated carbocycles. The third-order valence-electron chi connectivity index (χ3n) is 7.42. The van der Waals surface area contributed by atoms with E-state index in [4.69, 9.17) is 0 Å². The van der Waals surface area contributed by atoms with Gasteiger partial charge in [0.15, 0.2) is 0 Å². The Balaban J connectivity index is 1.04. The Hall–Kier alpha value is -5.48. The zero-order valence-corrected chi connectivity index (χ0v) is 26.4. The van der Waals surface area contributed by atoms with Crippen molar-refractivity contribution in [2.45, 2.75) is 6.42 Å². The Bertz CT molecular complexity index is 2500. The third-order valence-corrected chi connectivity index (χ3v) is 11.9. The van der Waals surface area contributed by atoms with Gasteiger partial charge in [0.25, 0.3) is 0 Å². The van der Waals surface area contributed by atoms with Crippen LogP contribution in [0.1, 0.15) is 22.3 Å². The first-order valence-electron chi connectivity index (χ1n) is 13.6. The van der Waals surface area contributed by atoms with E-state index in [9.17, 15) is 20.1 Å². The van der Waals surface area contributed by atoms with E-state index in [0.717, 1.165) is 31.0 Å². The molecule has 45 heavy (non-hydrogen) atoms. The van der Waals surface area contributed by atoms with E-state index in [-0.39, 0.29) is 40.6 Å². The van der Waals surface area contributed by atoms with Gasteiger partial charge in [0, 0.05) is 0 Å². The van der Waals surface area contributed by atoms with Gasteiger partial charge in [0.05, 0.1) is 0 Å². The molecule has 12 heteroatoms. The number of fused-ring (bicyclic) bond motifs is 4. The number of rotatable bonds is 4. The van der Waals surface area contributed by atoms with Crippen molar-refractivity contribution < 1.29 is 0 Å². The van der Waals surface area contributed by atoms with Crippen LogP contribution in [0.4, 0.5) is 0 Å². The fourth-order valence-electron chi connectivity index (χ4n) is 5.18. The van der Waals surface area contributed by atoms with Crippen LogP contribution >= 0.6 is 0 Å². The molecule has 0 N–H and O–H groups in total. The molecule has 0 aliphatic carbocycles. The van der Waals surface area contributed by atoms with Crippen molar-refractivity contribution in [1.29, 1.82) is 10.5 Å². The molecule has 0 aliphatic rings. The average Bonchev–Trinajstić information content (AvgIpc) is 3.57. The molecule has 10 nitrogen and oxygen atoms in total. The summed E-state index contributed by atoms with van der Waals surface area (Å²) in [5, 5.41) is 18.3. The van der Waals surface area contributed by atoms with Crippen LogP contribution in [0.25, 0.3) is 53.0 Å². The monoisotopic (exact) mass is 716 g/mol. The Labute approximate surface area is 265 Å². The van der Waals surface area contributed by atoms with E-state index in [1.54, 1.807) is 19.3 Å². The van der Waals surface area contributed by atoms with Gasteiger partial charge in [-0.3, -0.25) is 0 Å². The molecule has 2 aromatic carbocycles. The Morgan fingerprint density at radius 2 is 1.02 bits per heavy atom. The molecule has 0 unspecified atom stereocenters. The summed E-state index contributed by atoms with van der Waals surface area (Å²) in [4.78, 5) is 44.2. The molecule has 0 fully saturated rings. The first-order valence-corrected chi connectivity index (χ1v) is 16.9. The number of aromatic nitrogens is 6. The van der Waals surface area contributed by atoms with Crippen molar-refractivity contribution in [1.82, 2.24) is 27.1 Å². The van der Waals surface area contributed by atoms with Crippen LogP contribution in [-0.2, 0) is 6.42 Å². The van der Waals surface area contributed by atoms with Gasteiger partial charge in [-0.05, 0) is 0 Å². The quantitative estimate of drug-likeness (QED) is 0.252. The predicted molar refractivity (Wildman–Crippen MR) is 171 cm³/mol. The second kappa shape index (κ2) is 10.6. The van der Waals surface area contributed by atoms with Crippen molar-refractivity contribution in [3.8, 4) is 23.5 Å². The summed E-state index contributed by atoms with van der Waals surface area (Å²) in [7, 11) is 0. The second-order valence-electron chi connectivity index (χ2n) is 10.3. The van der Waals surface area contributed by atoms with Crippen LogP contribution in [0.3, 0.4) is 0 Å². The molecule has 0 radical (unpaired) electrons. The van der Waals surface area contributed by atoms with Gasteiger partial charge in [0.2, 0.25) is 0 Å². The van der Waals surface area contributed by atoms with Crippen LogP contribution in [0.2, 0.25) is 0 Å². The Kier molecular flexibility index (Phi) is 6.38. The van der Waals surface area contributed by atoms with Gasteiger partial charge >= 0.3 is 267 Å². The number of nitrogens with zero attached hydrogens (tertiary/aromatic N) is 8. The maximum absolute atomic E-state index is 13.2. The van der Waals surface area contributed by atoms with E-state index >= 15 is 0 Å². The predicted octanol–water partition coefficient (Wildman–Crippen LogP) is 3.63. The number of hydrogen-bond acceptors (Lipinski definition) is 8. The first kappa shape index (κ1) is 27.1. The Morgan fingerprint density at radius 3 is 1.42 bits per heavy atom. The molecule has 0 aliphatic heterocycles. The summed E-state index contributed by atoms with van der Waals surface area (Å²) in [5.41, 5.74) is 7.56. The van der Waals surface area contributed by atoms with E-state index in [1.807, 2.05) is 60.7 Å². The van der Waals surface area contributed by atoms with E-state index in [1.165, 1.54) is 12.4 Å². The molecule has 0 atom stereocenters. The van der Waals surface area contributed by atoms with Gasteiger partial charge in [-0.25, -0.2) is 0 Å². The van der Waals surface area contributed by atoms with Gasteiger partial charge < -0.3 is 0 Å². The minimum atomic E-state index is -0.271. The number of nitriles is 2. The molecule has 0 bridgehead atoms. The molecular formula is C33H16N8O2Se2. The summed E-state index contributed by atoms with van der Waals surface area (Å²) in [6.07, 6.45) is 3.72. The maximum atomic E-state index is 13.2. The van der Waals surface area contributed by atoms with E-state index in [0.29, 0.717) is 50.6 Å². The van der Waals surface area contributed by atoms with Crippen LogP contribution in [-0.4, -0.2) is 56.5 Å². The SMILES string of the molecule is N#Cc1cnc2cc3[se]n(-c4ccc(Cc5ccc(-n6[se]c7cc8ncc(C#N)cc8nc7c6=O)cc5)cc4)c(=O)c3nc2c1. The molecular weight excluding hydrogens is 698 g/mol. The zero-order chi connectivity index (χ0) is 30.7. The van der Waals surface area contributed by atoms with Crippen LogP contribution < -0.4 is 11.1 Å². The third kappa shape index (κ3) is 4.70. The van der Waals surface area contributed by atoms with Crippen molar-refractivity contribution in [3.63, 3.8) is 0 Å².